The van der Waals surface area contributed by atoms with E-state index in [1.54, 1.807) is 10.8 Å². The average molecular weight is 488 g/mol. The minimum Gasteiger partial charge on any atom is -0.464 e. The number of aromatic nitrogens is 1. The summed E-state index contributed by atoms with van der Waals surface area (Å²) < 4.78 is 13.9. The molecule has 4 aromatic rings. The van der Waals surface area contributed by atoms with Gasteiger partial charge >= 0.3 is 0 Å². The van der Waals surface area contributed by atoms with E-state index in [1.165, 1.54) is 0 Å². The van der Waals surface area contributed by atoms with Gasteiger partial charge in [-0.25, -0.2) is 0 Å². The summed E-state index contributed by atoms with van der Waals surface area (Å²) in [5, 5.41) is 42.6. The molecule has 7 nitrogen and oxygen atoms in total. The smallest absolute Gasteiger partial charge is 0.163 e. The van der Waals surface area contributed by atoms with Crippen LogP contribution in [0, 0.1) is 0 Å². The standard InChI is InChI=1S/C23H22BrNO6/c24-15-2-1-3-16-19(15)14(9-12-4-5-17-13(8-12)6-7-30-17)10-25(16)23-22(29)21(28)20(27)18(11-26)31-23/h1-8,10,18,20-23,26-29H,9,11H2/t18-,20-,21+,22-,23-/m1/s1. The molecule has 2 aromatic carbocycles. The first-order chi connectivity index (χ1) is 15.0. The van der Waals surface area contributed by atoms with Crippen molar-refractivity contribution in [2.24, 2.45) is 0 Å². The van der Waals surface area contributed by atoms with Gasteiger partial charge in [-0.15, -0.1) is 0 Å². The Morgan fingerprint density at radius 3 is 2.65 bits per heavy atom. The Kier molecular flexibility index (Phi) is 5.37. The quantitative estimate of drug-likeness (QED) is 0.352. The Hall–Kier alpha value is -2.20. The maximum absolute atomic E-state index is 10.6. The molecule has 0 bridgehead atoms. The molecule has 0 amide bonds. The molecule has 1 aliphatic heterocycles. The second-order valence-corrected chi connectivity index (χ2v) is 8.74. The van der Waals surface area contributed by atoms with E-state index in [-0.39, 0.29) is 0 Å². The van der Waals surface area contributed by atoms with Crippen LogP contribution in [-0.2, 0) is 11.2 Å². The van der Waals surface area contributed by atoms with Crippen molar-refractivity contribution in [3.8, 4) is 0 Å². The first-order valence-corrected chi connectivity index (χ1v) is 10.8. The number of aliphatic hydroxyl groups excluding tert-OH is 4. The fourth-order valence-corrected chi connectivity index (χ4v) is 4.96. The zero-order chi connectivity index (χ0) is 21.7. The van der Waals surface area contributed by atoms with E-state index >= 15 is 0 Å². The summed E-state index contributed by atoms with van der Waals surface area (Å²) in [5.74, 6) is 0. The number of ether oxygens (including phenoxy) is 1. The summed E-state index contributed by atoms with van der Waals surface area (Å²) in [5.41, 5.74) is 3.73. The molecule has 5 rings (SSSR count). The number of hydrogen-bond acceptors (Lipinski definition) is 6. The zero-order valence-electron chi connectivity index (χ0n) is 16.4. The van der Waals surface area contributed by atoms with Gasteiger partial charge in [0.2, 0.25) is 0 Å². The maximum atomic E-state index is 10.6. The molecule has 1 saturated heterocycles. The Balaban J connectivity index is 1.59. The van der Waals surface area contributed by atoms with Crippen LogP contribution in [-0.4, -0.2) is 56.0 Å². The highest BCUT2D eigenvalue weighted by atomic mass is 79.9. The van der Waals surface area contributed by atoms with E-state index in [4.69, 9.17) is 9.15 Å². The lowest BCUT2D eigenvalue weighted by atomic mass is 9.98. The summed E-state index contributed by atoms with van der Waals surface area (Å²) in [6.45, 7) is -0.470. The molecule has 0 radical (unpaired) electrons. The number of benzene rings is 2. The van der Waals surface area contributed by atoms with Crippen LogP contribution in [0.3, 0.4) is 0 Å². The van der Waals surface area contributed by atoms with Gasteiger partial charge in [0.05, 0.1) is 18.4 Å². The Morgan fingerprint density at radius 1 is 1.00 bits per heavy atom. The predicted molar refractivity (Wildman–Crippen MR) is 118 cm³/mol. The number of hydrogen-bond donors (Lipinski definition) is 4. The van der Waals surface area contributed by atoms with Gasteiger partial charge in [-0.1, -0.05) is 28.1 Å². The molecule has 0 unspecified atom stereocenters. The molecule has 162 valence electrons. The van der Waals surface area contributed by atoms with Crippen LogP contribution in [0.25, 0.3) is 21.9 Å². The third-order valence-corrected chi connectivity index (χ3v) is 6.60. The van der Waals surface area contributed by atoms with Crippen molar-refractivity contribution in [2.45, 2.75) is 37.1 Å². The SMILES string of the molecule is OC[C@H]1O[C@@H](n2cc(Cc3ccc4occc4c3)c3c(Br)cccc32)[C@H](O)[C@@H](O)[C@@H]1O. The number of aliphatic hydroxyl groups is 4. The van der Waals surface area contributed by atoms with Crippen LogP contribution >= 0.6 is 15.9 Å². The molecule has 1 aliphatic rings. The van der Waals surface area contributed by atoms with Gasteiger partial charge in [0.1, 0.15) is 30.0 Å². The van der Waals surface area contributed by atoms with Crippen LogP contribution in [0.5, 0.6) is 0 Å². The number of fused-ring (bicyclic) bond motifs is 2. The summed E-state index contributed by atoms with van der Waals surface area (Å²) >= 11 is 3.63. The van der Waals surface area contributed by atoms with Gasteiger partial charge < -0.3 is 34.1 Å². The first-order valence-electron chi connectivity index (χ1n) is 10.0. The highest BCUT2D eigenvalue weighted by Crippen LogP contribution is 2.37. The number of rotatable bonds is 4. The van der Waals surface area contributed by atoms with Gasteiger partial charge in [0.15, 0.2) is 6.23 Å². The van der Waals surface area contributed by atoms with Crippen molar-refractivity contribution in [2.75, 3.05) is 6.61 Å². The zero-order valence-corrected chi connectivity index (χ0v) is 18.0. The summed E-state index contributed by atoms with van der Waals surface area (Å²) in [7, 11) is 0. The molecule has 0 saturated carbocycles. The second-order valence-electron chi connectivity index (χ2n) is 7.88. The molecule has 0 spiro atoms. The summed E-state index contributed by atoms with van der Waals surface area (Å²) in [6.07, 6.45) is -1.94. The maximum Gasteiger partial charge on any atom is 0.163 e. The van der Waals surface area contributed by atoms with Crippen LogP contribution in [0.15, 0.2) is 63.8 Å². The van der Waals surface area contributed by atoms with E-state index < -0.39 is 37.3 Å². The topological polar surface area (TPSA) is 108 Å². The molecule has 8 heteroatoms. The van der Waals surface area contributed by atoms with E-state index in [9.17, 15) is 20.4 Å². The molecular formula is C23H22BrNO6. The Morgan fingerprint density at radius 2 is 1.84 bits per heavy atom. The number of halogens is 1. The summed E-state index contributed by atoms with van der Waals surface area (Å²) in [4.78, 5) is 0. The lowest BCUT2D eigenvalue weighted by molar-refractivity contribution is -0.250. The molecule has 0 aliphatic carbocycles. The third kappa shape index (κ3) is 3.49. The van der Waals surface area contributed by atoms with Crippen molar-refractivity contribution in [1.29, 1.82) is 0 Å². The lowest BCUT2D eigenvalue weighted by Gasteiger charge is -2.40. The molecule has 3 heterocycles. The van der Waals surface area contributed by atoms with Crippen LogP contribution in [0.4, 0.5) is 0 Å². The monoisotopic (exact) mass is 487 g/mol. The van der Waals surface area contributed by atoms with Gasteiger partial charge in [0.25, 0.3) is 0 Å². The van der Waals surface area contributed by atoms with E-state index in [1.807, 2.05) is 42.6 Å². The predicted octanol–water partition coefficient (Wildman–Crippen LogP) is 2.71. The van der Waals surface area contributed by atoms with Gasteiger partial charge in [-0.3, -0.25) is 0 Å². The fourth-order valence-electron chi connectivity index (χ4n) is 4.35. The largest absolute Gasteiger partial charge is 0.464 e. The number of furan rings is 1. The van der Waals surface area contributed by atoms with Crippen molar-refractivity contribution < 1.29 is 29.6 Å². The first kappa shape index (κ1) is 20.7. The Bertz CT molecular complexity index is 1230. The van der Waals surface area contributed by atoms with Crippen molar-refractivity contribution in [3.63, 3.8) is 0 Å². The van der Waals surface area contributed by atoms with Crippen LogP contribution in [0.1, 0.15) is 17.4 Å². The average Bonchev–Trinajstić information content (AvgIpc) is 3.38. The lowest BCUT2D eigenvalue weighted by Crippen LogP contribution is -2.56. The van der Waals surface area contributed by atoms with E-state index in [2.05, 4.69) is 22.0 Å². The molecule has 1 fully saturated rings. The fraction of sp³-hybridized carbons (Fsp3) is 0.304. The normalized spacial score (nSPS) is 26.7. The van der Waals surface area contributed by atoms with Crippen LogP contribution < -0.4 is 0 Å². The highest BCUT2D eigenvalue weighted by molar-refractivity contribution is 9.10. The molecule has 4 N–H and O–H groups in total. The van der Waals surface area contributed by atoms with Gasteiger partial charge in [-0.05, 0) is 47.9 Å². The molecule has 2 aromatic heterocycles. The number of nitrogens with zero attached hydrogens (tertiary/aromatic N) is 1. The summed E-state index contributed by atoms with van der Waals surface area (Å²) in [6, 6.07) is 13.7. The van der Waals surface area contributed by atoms with Crippen molar-refractivity contribution >= 4 is 37.8 Å². The van der Waals surface area contributed by atoms with Crippen LogP contribution in [0.2, 0.25) is 0 Å². The minimum atomic E-state index is -1.44. The second kappa shape index (κ2) is 8.05. The van der Waals surface area contributed by atoms with E-state index in [0.29, 0.717) is 6.42 Å². The van der Waals surface area contributed by atoms with Gasteiger partial charge in [-0.2, -0.15) is 0 Å². The Labute approximate surface area is 186 Å². The van der Waals surface area contributed by atoms with E-state index in [0.717, 1.165) is 37.5 Å². The van der Waals surface area contributed by atoms with Crippen molar-refractivity contribution in [3.05, 3.63) is 70.5 Å². The third-order valence-electron chi connectivity index (χ3n) is 5.94. The minimum absolute atomic E-state index is 0.470. The van der Waals surface area contributed by atoms with Gasteiger partial charge in [0, 0.05) is 21.4 Å². The van der Waals surface area contributed by atoms with Crippen molar-refractivity contribution in [1.82, 2.24) is 4.57 Å². The molecular weight excluding hydrogens is 466 g/mol. The highest BCUT2D eigenvalue weighted by Gasteiger charge is 2.44. The molecule has 31 heavy (non-hydrogen) atoms. The molecule has 5 atom stereocenters.